The van der Waals surface area contributed by atoms with Crippen molar-refractivity contribution in [2.75, 3.05) is 23.7 Å². The summed E-state index contributed by atoms with van der Waals surface area (Å²) in [4.78, 5) is 0. The van der Waals surface area contributed by atoms with E-state index in [-0.39, 0.29) is 35.2 Å². The van der Waals surface area contributed by atoms with E-state index in [0.717, 1.165) is 16.4 Å². The van der Waals surface area contributed by atoms with Crippen LogP contribution in [0, 0.1) is 5.82 Å². The summed E-state index contributed by atoms with van der Waals surface area (Å²) >= 11 is 12.5. The predicted molar refractivity (Wildman–Crippen MR) is 233 cm³/mol. The summed E-state index contributed by atoms with van der Waals surface area (Å²) in [5, 5.41) is 2.73. The third-order valence-corrected chi connectivity index (χ3v) is 11.1. The van der Waals surface area contributed by atoms with Crippen LogP contribution in [-0.2, 0) is 33.3 Å². The van der Waals surface area contributed by atoms with Gasteiger partial charge in [-0.3, -0.25) is 9.44 Å². The molecule has 0 atom stereocenters. The Morgan fingerprint density at radius 2 is 1.22 bits per heavy atom. The average Bonchev–Trinajstić information content (AvgIpc) is 3.21. The highest BCUT2D eigenvalue weighted by Crippen LogP contribution is 2.34. The molecule has 0 unspecified atom stereocenters. The van der Waals surface area contributed by atoms with Crippen molar-refractivity contribution in [2.24, 2.45) is 0 Å². The van der Waals surface area contributed by atoms with Crippen molar-refractivity contribution in [2.45, 2.75) is 13.2 Å². The lowest BCUT2D eigenvalue weighted by molar-refractivity contribution is 0.284. The van der Waals surface area contributed by atoms with Gasteiger partial charge in [-0.25, -0.2) is 21.2 Å². The zero-order chi connectivity index (χ0) is 42.0. The molecule has 0 radical (unpaired) electrons. The van der Waals surface area contributed by atoms with Gasteiger partial charge < -0.3 is 18.9 Å². The van der Waals surface area contributed by atoms with Crippen molar-refractivity contribution in [1.82, 2.24) is 0 Å². The number of rotatable bonds is 17. The fourth-order valence-corrected chi connectivity index (χ4v) is 7.86. The topological polar surface area (TPSA) is 129 Å². The maximum atomic E-state index is 15.4. The van der Waals surface area contributed by atoms with Crippen molar-refractivity contribution in [3.63, 3.8) is 0 Å². The minimum Gasteiger partial charge on any atom is -0.497 e. The van der Waals surface area contributed by atoms with Gasteiger partial charge in [0, 0.05) is 33.3 Å². The number of hydrogen-bond acceptors (Lipinski definition) is 8. The zero-order valence-corrected chi connectivity index (χ0v) is 34.7. The first-order chi connectivity index (χ1) is 28.3. The van der Waals surface area contributed by atoms with Gasteiger partial charge in [-0.05, 0) is 95.1 Å². The van der Waals surface area contributed by atoms with E-state index in [0.29, 0.717) is 50.3 Å². The van der Waals surface area contributed by atoms with Crippen molar-refractivity contribution < 1.29 is 40.2 Å². The van der Waals surface area contributed by atoms with Gasteiger partial charge in [0.05, 0.1) is 36.4 Å². The van der Waals surface area contributed by atoms with Crippen LogP contribution in [0.5, 0.6) is 23.0 Å². The Kier molecular flexibility index (Phi) is 13.8. The van der Waals surface area contributed by atoms with Gasteiger partial charge in [0.2, 0.25) is 0 Å². The third-order valence-electron chi connectivity index (χ3n) is 8.50. The molecular formula is C44H37Cl2FN2O8S2. The van der Waals surface area contributed by atoms with Crippen LogP contribution in [0.2, 0.25) is 10.0 Å². The van der Waals surface area contributed by atoms with Gasteiger partial charge in [0.25, 0.3) is 20.0 Å². The molecule has 15 heteroatoms. The lowest BCUT2D eigenvalue weighted by atomic mass is 10.0. The molecule has 304 valence electrons. The first kappa shape index (κ1) is 42.6. The van der Waals surface area contributed by atoms with Gasteiger partial charge in [0.15, 0.2) is 11.5 Å². The van der Waals surface area contributed by atoms with Crippen LogP contribution in [0.1, 0.15) is 22.3 Å². The quantitative estimate of drug-likeness (QED) is 0.0927. The number of methoxy groups -OCH3 is 2. The molecule has 0 amide bonds. The number of ether oxygens (including phenoxy) is 4. The molecule has 0 bridgehead atoms. The second kappa shape index (κ2) is 19.2. The molecule has 0 spiro atoms. The van der Waals surface area contributed by atoms with Crippen LogP contribution in [0.25, 0.3) is 23.3 Å². The van der Waals surface area contributed by atoms with Crippen LogP contribution in [0.3, 0.4) is 0 Å². The zero-order valence-electron chi connectivity index (χ0n) is 31.6. The number of anilines is 2. The first-order valence-electron chi connectivity index (χ1n) is 17.7. The van der Waals surface area contributed by atoms with Gasteiger partial charge in [-0.2, -0.15) is 0 Å². The minimum absolute atomic E-state index is 0.00373. The second-order valence-electron chi connectivity index (χ2n) is 12.8. The van der Waals surface area contributed by atoms with Crippen LogP contribution in [-0.4, -0.2) is 31.1 Å². The molecule has 0 saturated carbocycles. The fraction of sp³-hybridized carbons (Fsp3) is 0.0909. The molecule has 0 aromatic heterocycles. The summed E-state index contributed by atoms with van der Waals surface area (Å²) in [5.74, 6) is 1.25. The van der Waals surface area contributed by atoms with E-state index < -0.39 is 25.9 Å². The van der Waals surface area contributed by atoms with E-state index >= 15 is 4.39 Å². The summed E-state index contributed by atoms with van der Waals surface area (Å²) in [7, 11) is -4.76. The standard InChI is InChI=1S/C44H37Cl2FN2O8S2/c1-54-37-10-4-7-32(23-37)29-57-44-27-36(14-17-43(44)55-2)49-59(52,53)21-19-31-12-15-39(41(46)24-31)40-16-13-33(25-42(40)47)28-56-38-11-5-9-35(26-38)48-58(50,51)20-18-30-6-3-8-34(45)22-30/h3-27,48-49H,28-29H2,1-2H3/b20-18+,21-19+. The predicted octanol–water partition coefficient (Wildman–Crippen LogP) is 10.8. The number of hydrogen-bond donors (Lipinski definition) is 2. The summed E-state index contributed by atoms with van der Waals surface area (Å²) in [6, 6.07) is 34.5. The fourth-order valence-electron chi connectivity index (χ4n) is 5.66. The number of benzene rings is 6. The highest BCUT2D eigenvalue weighted by atomic mass is 35.5. The second-order valence-corrected chi connectivity index (χ2v) is 16.8. The molecular weight excluding hydrogens is 839 g/mol. The molecule has 59 heavy (non-hydrogen) atoms. The van der Waals surface area contributed by atoms with Crippen LogP contribution >= 0.6 is 23.2 Å². The summed E-state index contributed by atoms with van der Waals surface area (Å²) in [5.41, 5.74) is 3.62. The molecule has 0 saturated heterocycles. The van der Waals surface area contributed by atoms with Crippen LogP contribution < -0.4 is 28.4 Å². The highest BCUT2D eigenvalue weighted by molar-refractivity contribution is 7.96. The highest BCUT2D eigenvalue weighted by Gasteiger charge is 2.14. The molecule has 10 nitrogen and oxygen atoms in total. The maximum absolute atomic E-state index is 15.4. The summed E-state index contributed by atoms with van der Waals surface area (Å²) < 4.78 is 94.2. The third kappa shape index (κ3) is 12.3. The van der Waals surface area contributed by atoms with Crippen molar-refractivity contribution >= 4 is 66.8 Å². The SMILES string of the molecule is COc1cccc(COc2cc(NS(=O)(=O)/C=C/c3ccc(-c4ccc(COc5cccc(NS(=O)(=O)/C=C/c6cccc(Cl)c6)c5)cc4F)c(Cl)c3)ccc2OC)c1. The molecule has 0 aliphatic carbocycles. The van der Waals surface area contributed by atoms with Gasteiger partial charge >= 0.3 is 0 Å². The molecule has 0 heterocycles. The lowest BCUT2D eigenvalue weighted by Crippen LogP contribution is -2.09. The molecule has 0 fully saturated rings. The van der Waals surface area contributed by atoms with Gasteiger partial charge in [-0.1, -0.05) is 77.8 Å². The molecule has 0 aliphatic rings. The summed E-state index contributed by atoms with van der Waals surface area (Å²) in [6.07, 6.45) is 2.80. The molecule has 6 aromatic rings. The van der Waals surface area contributed by atoms with Gasteiger partial charge in [0.1, 0.15) is 30.5 Å². The maximum Gasteiger partial charge on any atom is 0.255 e. The van der Waals surface area contributed by atoms with E-state index in [2.05, 4.69) is 9.44 Å². The minimum atomic E-state index is -3.98. The largest absolute Gasteiger partial charge is 0.497 e. The molecule has 6 aromatic carbocycles. The Bertz CT molecular complexity index is 2750. The lowest BCUT2D eigenvalue weighted by Gasteiger charge is -2.13. The van der Waals surface area contributed by atoms with Crippen molar-refractivity contribution in [1.29, 1.82) is 0 Å². The van der Waals surface area contributed by atoms with E-state index in [1.54, 1.807) is 86.0 Å². The average molecular weight is 876 g/mol. The Labute approximate surface area is 352 Å². The van der Waals surface area contributed by atoms with Crippen LogP contribution in [0.15, 0.2) is 138 Å². The summed E-state index contributed by atoms with van der Waals surface area (Å²) in [6.45, 7) is 0.191. The molecule has 6 rings (SSSR count). The normalized spacial score (nSPS) is 11.7. The number of halogens is 3. The van der Waals surface area contributed by atoms with Crippen LogP contribution in [0.4, 0.5) is 15.8 Å². The smallest absolute Gasteiger partial charge is 0.255 e. The van der Waals surface area contributed by atoms with Gasteiger partial charge in [-0.15, -0.1) is 0 Å². The Morgan fingerprint density at radius 3 is 1.92 bits per heavy atom. The van der Waals surface area contributed by atoms with E-state index in [4.69, 9.17) is 42.1 Å². The van der Waals surface area contributed by atoms with E-state index in [1.165, 1.54) is 43.5 Å². The monoisotopic (exact) mass is 874 g/mol. The van der Waals surface area contributed by atoms with E-state index in [9.17, 15) is 16.8 Å². The van der Waals surface area contributed by atoms with Crippen molar-refractivity contribution in [3.05, 3.63) is 176 Å². The number of nitrogens with one attached hydrogen (secondary N) is 2. The van der Waals surface area contributed by atoms with Crippen molar-refractivity contribution in [3.8, 4) is 34.1 Å². The number of sulfonamides is 2. The molecule has 2 N–H and O–H groups in total. The Hall–Kier alpha value is -5.99. The Balaban J connectivity index is 1.06. The molecule has 0 aliphatic heterocycles. The first-order valence-corrected chi connectivity index (χ1v) is 21.6. The Morgan fingerprint density at radius 1 is 0.576 bits per heavy atom. The van der Waals surface area contributed by atoms with E-state index in [1.807, 2.05) is 24.3 Å².